The van der Waals surface area contributed by atoms with Gasteiger partial charge in [0.2, 0.25) is 0 Å². The lowest BCUT2D eigenvalue weighted by Gasteiger charge is -2.40. The summed E-state index contributed by atoms with van der Waals surface area (Å²) in [5.41, 5.74) is 3.29. The molecule has 0 heterocycles. The lowest BCUT2D eigenvalue weighted by Crippen LogP contribution is -2.44. The van der Waals surface area contributed by atoms with Crippen molar-refractivity contribution in [2.75, 3.05) is 6.54 Å². The second-order valence-corrected chi connectivity index (χ2v) is 8.29. The van der Waals surface area contributed by atoms with Crippen LogP contribution in [-0.2, 0) is 0 Å². The lowest BCUT2D eigenvalue weighted by molar-refractivity contribution is 0.215. The molecule has 0 radical (unpaired) electrons. The summed E-state index contributed by atoms with van der Waals surface area (Å²) in [5.74, 6) is 0. The molecule has 1 N–H and O–H groups in total. The molecular formula is C18H29NS. The minimum atomic E-state index is 0.489. The van der Waals surface area contributed by atoms with E-state index in [1.54, 1.807) is 0 Å². The Labute approximate surface area is 128 Å². The molecule has 1 fully saturated rings. The van der Waals surface area contributed by atoms with Crippen molar-refractivity contribution < 1.29 is 0 Å². The van der Waals surface area contributed by atoms with E-state index in [0.29, 0.717) is 16.7 Å². The Morgan fingerprint density at radius 1 is 1.25 bits per heavy atom. The van der Waals surface area contributed by atoms with Crippen LogP contribution in [0.15, 0.2) is 23.1 Å². The molecule has 0 amide bonds. The first-order valence-electron chi connectivity index (χ1n) is 7.88. The average molecular weight is 292 g/mol. The summed E-state index contributed by atoms with van der Waals surface area (Å²) >= 11 is 2.08. The zero-order valence-corrected chi connectivity index (χ0v) is 14.4. The molecule has 1 aliphatic rings. The van der Waals surface area contributed by atoms with Crippen molar-refractivity contribution in [1.29, 1.82) is 0 Å². The first-order valence-corrected chi connectivity index (χ1v) is 8.76. The molecule has 0 bridgehead atoms. The van der Waals surface area contributed by atoms with Crippen LogP contribution in [0.2, 0.25) is 0 Å². The first-order chi connectivity index (χ1) is 9.41. The fraction of sp³-hybridized carbons (Fsp3) is 0.667. The van der Waals surface area contributed by atoms with Gasteiger partial charge in [-0.15, -0.1) is 11.8 Å². The Hall–Kier alpha value is -0.470. The van der Waals surface area contributed by atoms with E-state index in [-0.39, 0.29) is 0 Å². The minimum absolute atomic E-state index is 0.489. The van der Waals surface area contributed by atoms with Crippen molar-refractivity contribution in [3.8, 4) is 0 Å². The van der Waals surface area contributed by atoms with E-state index in [9.17, 15) is 0 Å². The molecule has 1 saturated carbocycles. The van der Waals surface area contributed by atoms with Crippen molar-refractivity contribution in [2.24, 2.45) is 5.41 Å². The highest BCUT2D eigenvalue weighted by Crippen LogP contribution is 2.42. The molecule has 112 valence electrons. The van der Waals surface area contributed by atoms with Gasteiger partial charge in [-0.2, -0.15) is 0 Å². The monoisotopic (exact) mass is 291 g/mol. The molecule has 2 rings (SSSR count). The van der Waals surface area contributed by atoms with E-state index >= 15 is 0 Å². The number of nitrogens with one attached hydrogen (secondary N) is 1. The average Bonchev–Trinajstić information content (AvgIpc) is 2.37. The van der Waals surface area contributed by atoms with Gasteiger partial charge in [0.1, 0.15) is 0 Å². The number of hydrogen-bond acceptors (Lipinski definition) is 2. The molecule has 2 atom stereocenters. The van der Waals surface area contributed by atoms with Crippen molar-refractivity contribution in [1.82, 2.24) is 5.32 Å². The maximum absolute atomic E-state index is 3.70. The molecule has 1 aromatic rings. The van der Waals surface area contributed by atoms with Crippen molar-refractivity contribution in [3.05, 3.63) is 29.3 Å². The highest BCUT2D eigenvalue weighted by atomic mass is 32.2. The van der Waals surface area contributed by atoms with Gasteiger partial charge in [-0.3, -0.25) is 0 Å². The smallest absolute Gasteiger partial charge is 0.0253 e. The van der Waals surface area contributed by atoms with Gasteiger partial charge in [-0.25, -0.2) is 0 Å². The highest BCUT2D eigenvalue weighted by Gasteiger charge is 2.34. The molecule has 0 aliphatic heterocycles. The Bertz CT molecular complexity index is 453. The molecule has 0 aromatic heterocycles. The molecular weight excluding hydrogens is 262 g/mol. The van der Waals surface area contributed by atoms with E-state index in [1.165, 1.54) is 35.3 Å². The Kier molecular flexibility index (Phi) is 5.19. The zero-order valence-electron chi connectivity index (χ0n) is 13.6. The van der Waals surface area contributed by atoms with E-state index in [0.717, 1.165) is 6.54 Å². The zero-order chi connectivity index (χ0) is 14.8. The molecule has 20 heavy (non-hydrogen) atoms. The maximum Gasteiger partial charge on any atom is 0.0253 e. The second kappa shape index (κ2) is 6.53. The van der Waals surface area contributed by atoms with E-state index in [4.69, 9.17) is 0 Å². The third-order valence-corrected chi connectivity index (χ3v) is 5.89. The van der Waals surface area contributed by atoms with Crippen LogP contribution >= 0.6 is 11.8 Å². The van der Waals surface area contributed by atoms with Gasteiger partial charge in [-0.1, -0.05) is 26.8 Å². The molecule has 1 aromatic carbocycles. The lowest BCUT2D eigenvalue weighted by atomic mass is 9.75. The Morgan fingerprint density at radius 2 is 2.00 bits per heavy atom. The minimum Gasteiger partial charge on any atom is -0.313 e. The van der Waals surface area contributed by atoms with Gasteiger partial charge in [0.25, 0.3) is 0 Å². The van der Waals surface area contributed by atoms with Gasteiger partial charge in [0.05, 0.1) is 0 Å². The van der Waals surface area contributed by atoms with Crippen molar-refractivity contribution >= 4 is 11.8 Å². The highest BCUT2D eigenvalue weighted by molar-refractivity contribution is 8.00. The van der Waals surface area contributed by atoms with E-state index < -0.39 is 0 Å². The van der Waals surface area contributed by atoms with Crippen LogP contribution in [-0.4, -0.2) is 17.8 Å². The molecule has 1 nitrogen and oxygen atoms in total. The molecule has 2 heteroatoms. The molecule has 0 spiro atoms. The van der Waals surface area contributed by atoms with Gasteiger partial charge in [0, 0.05) is 16.2 Å². The van der Waals surface area contributed by atoms with E-state index in [1.807, 2.05) is 0 Å². The standard InChI is InChI=1S/C18H29NS/c1-6-19-16-9-10-18(4,5)12-17(16)20-15-8-7-13(2)14(3)11-15/h7-8,11,16-17,19H,6,9-10,12H2,1-5H3. The Morgan fingerprint density at radius 3 is 2.65 bits per heavy atom. The van der Waals surface area contributed by atoms with Crippen LogP contribution in [0.5, 0.6) is 0 Å². The summed E-state index contributed by atoms with van der Waals surface area (Å²) in [5, 5.41) is 4.39. The van der Waals surface area contributed by atoms with Gasteiger partial charge < -0.3 is 5.32 Å². The number of rotatable bonds is 4. The second-order valence-electron chi connectivity index (χ2n) is 6.97. The topological polar surface area (TPSA) is 12.0 Å². The largest absolute Gasteiger partial charge is 0.313 e. The predicted molar refractivity (Wildman–Crippen MR) is 90.7 cm³/mol. The van der Waals surface area contributed by atoms with Crippen molar-refractivity contribution in [2.45, 2.75) is 70.1 Å². The van der Waals surface area contributed by atoms with Crippen LogP contribution in [0.3, 0.4) is 0 Å². The maximum atomic E-state index is 3.70. The van der Waals surface area contributed by atoms with Gasteiger partial charge in [0.15, 0.2) is 0 Å². The van der Waals surface area contributed by atoms with Crippen LogP contribution in [0.4, 0.5) is 0 Å². The third kappa shape index (κ3) is 4.02. The fourth-order valence-electron chi connectivity index (χ4n) is 3.10. The summed E-state index contributed by atoms with van der Waals surface area (Å²) in [4.78, 5) is 1.43. The Balaban J connectivity index is 2.11. The number of aryl methyl sites for hydroxylation is 2. The number of benzene rings is 1. The van der Waals surface area contributed by atoms with Crippen LogP contribution in [0, 0.1) is 19.3 Å². The SMILES string of the molecule is CCNC1CCC(C)(C)CC1Sc1ccc(C)c(C)c1. The molecule has 1 aliphatic carbocycles. The van der Waals surface area contributed by atoms with Gasteiger partial charge in [-0.05, 0) is 68.3 Å². The quantitative estimate of drug-likeness (QED) is 0.842. The summed E-state index contributed by atoms with van der Waals surface area (Å²) < 4.78 is 0. The summed E-state index contributed by atoms with van der Waals surface area (Å²) in [6, 6.07) is 7.57. The number of hydrogen-bond donors (Lipinski definition) is 1. The molecule has 2 unspecified atom stereocenters. The first kappa shape index (κ1) is 15.9. The van der Waals surface area contributed by atoms with Crippen LogP contribution in [0.25, 0.3) is 0 Å². The third-order valence-electron chi connectivity index (χ3n) is 4.57. The number of thioether (sulfide) groups is 1. The van der Waals surface area contributed by atoms with Crippen LogP contribution < -0.4 is 5.32 Å². The fourth-order valence-corrected chi connectivity index (χ4v) is 4.77. The van der Waals surface area contributed by atoms with Crippen LogP contribution in [0.1, 0.15) is 51.2 Å². The normalized spacial score (nSPS) is 25.6. The van der Waals surface area contributed by atoms with Crippen molar-refractivity contribution in [3.63, 3.8) is 0 Å². The van der Waals surface area contributed by atoms with Gasteiger partial charge >= 0.3 is 0 Å². The summed E-state index contributed by atoms with van der Waals surface area (Å²) in [7, 11) is 0. The summed E-state index contributed by atoms with van der Waals surface area (Å²) in [6.07, 6.45) is 3.96. The summed E-state index contributed by atoms with van der Waals surface area (Å²) in [6.45, 7) is 12.5. The predicted octanol–water partition coefficient (Wildman–Crippen LogP) is 4.95. The van der Waals surface area contributed by atoms with E-state index in [2.05, 4.69) is 69.9 Å². The molecule has 0 saturated heterocycles.